The van der Waals surface area contributed by atoms with Crippen molar-refractivity contribution in [2.24, 2.45) is 0 Å². The monoisotopic (exact) mass is 552 g/mol. The van der Waals surface area contributed by atoms with Crippen LogP contribution in [0.4, 0.5) is 8.78 Å². The van der Waals surface area contributed by atoms with Gasteiger partial charge in [-0.15, -0.1) is 10.2 Å². The van der Waals surface area contributed by atoms with Gasteiger partial charge in [-0.25, -0.2) is 8.78 Å². The lowest BCUT2D eigenvalue weighted by molar-refractivity contribution is 0.106. The zero-order chi connectivity index (χ0) is 28.8. The van der Waals surface area contributed by atoms with Gasteiger partial charge >= 0.3 is 0 Å². The second-order valence-corrected chi connectivity index (χ2v) is 11.0. The van der Waals surface area contributed by atoms with E-state index in [-0.39, 0.29) is 11.6 Å². The minimum atomic E-state index is -0.442. The summed E-state index contributed by atoms with van der Waals surface area (Å²) in [6.07, 6.45) is 0. The van der Waals surface area contributed by atoms with E-state index >= 15 is 0 Å². The van der Waals surface area contributed by atoms with E-state index in [0.29, 0.717) is 11.4 Å². The smallest absolute Gasteiger partial charge is 0.129 e. The van der Waals surface area contributed by atoms with Gasteiger partial charge in [0.1, 0.15) is 28.7 Å². The van der Waals surface area contributed by atoms with Gasteiger partial charge in [-0.2, -0.15) is 0 Å². The number of rotatable bonds is 4. The first-order valence-corrected chi connectivity index (χ1v) is 13.8. The molecule has 6 aromatic rings. The van der Waals surface area contributed by atoms with Crippen molar-refractivity contribution in [1.82, 2.24) is 10.2 Å². The Labute approximate surface area is 243 Å². The predicted molar refractivity (Wildman–Crippen MR) is 163 cm³/mol. The van der Waals surface area contributed by atoms with Crippen molar-refractivity contribution in [3.8, 4) is 61.6 Å². The van der Waals surface area contributed by atoms with Crippen LogP contribution in [-0.4, -0.2) is 10.2 Å². The zero-order valence-electron chi connectivity index (χ0n) is 23.1. The highest BCUT2D eigenvalue weighted by Crippen LogP contribution is 2.46. The Morgan fingerprint density at radius 3 is 1.93 bits per heavy atom. The van der Waals surface area contributed by atoms with Crippen LogP contribution in [0.1, 0.15) is 19.4 Å². The van der Waals surface area contributed by atoms with E-state index in [0.717, 1.165) is 44.7 Å². The quantitative estimate of drug-likeness (QED) is 0.218. The Kier molecular flexibility index (Phi) is 6.16. The molecule has 0 saturated heterocycles. The third-order valence-corrected chi connectivity index (χ3v) is 7.77. The SMILES string of the molecule is CC1(C)Oc2cc(-c3cccc(-c4cc(-c5ccc(F)cc5)c(-c5ccc(F)cc5)nn4)c3)ccc2-c2ccccc21. The van der Waals surface area contributed by atoms with Gasteiger partial charge in [0.15, 0.2) is 0 Å². The molecule has 1 aliphatic rings. The lowest BCUT2D eigenvalue weighted by Crippen LogP contribution is -2.29. The molecule has 7 rings (SSSR count). The van der Waals surface area contributed by atoms with Crippen LogP contribution in [0.3, 0.4) is 0 Å². The molecule has 0 atom stereocenters. The molecule has 0 radical (unpaired) electrons. The van der Waals surface area contributed by atoms with E-state index in [1.807, 2.05) is 24.3 Å². The maximum atomic E-state index is 13.8. The third kappa shape index (κ3) is 4.63. The van der Waals surface area contributed by atoms with Gasteiger partial charge in [-0.3, -0.25) is 0 Å². The van der Waals surface area contributed by atoms with Crippen LogP contribution in [0.25, 0.3) is 55.9 Å². The van der Waals surface area contributed by atoms with Crippen LogP contribution in [0.15, 0.2) is 121 Å². The molecule has 3 nitrogen and oxygen atoms in total. The maximum absolute atomic E-state index is 13.8. The van der Waals surface area contributed by atoms with Crippen molar-refractivity contribution in [3.05, 3.63) is 139 Å². The van der Waals surface area contributed by atoms with Gasteiger partial charge in [-0.1, -0.05) is 66.7 Å². The van der Waals surface area contributed by atoms with Crippen LogP contribution < -0.4 is 4.74 Å². The van der Waals surface area contributed by atoms with Gasteiger partial charge in [0.25, 0.3) is 0 Å². The standard InChI is InChI=1S/C37H26F2N2O/c1-37(2)33-9-4-3-8-30(33)31-19-14-26(21-35(31)42-37)25-6-5-7-27(20-25)34-22-32(23-10-15-28(38)16-11-23)36(41-40-34)24-12-17-29(39)18-13-24/h3-22H,1-2H3. The lowest BCUT2D eigenvalue weighted by Gasteiger charge is -2.35. The summed E-state index contributed by atoms with van der Waals surface area (Å²) in [4.78, 5) is 0. The summed E-state index contributed by atoms with van der Waals surface area (Å²) in [5.74, 6) is 0.199. The van der Waals surface area contributed by atoms with Crippen molar-refractivity contribution in [3.63, 3.8) is 0 Å². The summed E-state index contributed by atoms with van der Waals surface area (Å²) < 4.78 is 33.9. The van der Waals surface area contributed by atoms with Crippen molar-refractivity contribution in [2.75, 3.05) is 0 Å². The summed E-state index contributed by atoms with van der Waals surface area (Å²) in [6.45, 7) is 4.18. The topological polar surface area (TPSA) is 35.0 Å². The molecule has 0 aliphatic carbocycles. The lowest BCUT2D eigenvalue weighted by atomic mass is 9.85. The number of hydrogen-bond acceptors (Lipinski definition) is 3. The molecular weight excluding hydrogens is 526 g/mol. The second kappa shape index (κ2) is 10.0. The highest BCUT2D eigenvalue weighted by atomic mass is 19.1. The molecule has 5 heteroatoms. The molecule has 0 unspecified atom stereocenters. The van der Waals surface area contributed by atoms with Crippen LogP contribution >= 0.6 is 0 Å². The summed E-state index contributed by atoms with van der Waals surface area (Å²) in [5.41, 5.74) is 9.49. The number of aromatic nitrogens is 2. The van der Waals surface area contributed by atoms with Gasteiger partial charge < -0.3 is 4.74 Å². The molecule has 0 spiro atoms. The van der Waals surface area contributed by atoms with Gasteiger partial charge in [-0.05, 0) is 90.7 Å². The fourth-order valence-corrected chi connectivity index (χ4v) is 5.64. The average Bonchev–Trinajstić information content (AvgIpc) is 3.01. The molecule has 2 heterocycles. The Balaban J connectivity index is 1.30. The summed E-state index contributed by atoms with van der Waals surface area (Å²) in [5, 5.41) is 9.12. The highest BCUT2D eigenvalue weighted by molar-refractivity contribution is 5.85. The summed E-state index contributed by atoms with van der Waals surface area (Å²) in [7, 11) is 0. The molecule has 0 saturated carbocycles. The van der Waals surface area contributed by atoms with E-state index in [4.69, 9.17) is 4.74 Å². The molecule has 42 heavy (non-hydrogen) atoms. The minimum Gasteiger partial charge on any atom is -0.482 e. The van der Waals surface area contributed by atoms with Crippen LogP contribution in [0.5, 0.6) is 5.75 Å². The van der Waals surface area contributed by atoms with Gasteiger partial charge in [0.2, 0.25) is 0 Å². The van der Waals surface area contributed by atoms with Gasteiger partial charge in [0, 0.05) is 27.8 Å². The Morgan fingerprint density at radius 1 is 0.524 bits per heavy atom. The number of benzene rings is 5. The summed E-state index contributed by atoms with van der Waals surface area (Å²) >= 11 is 0. The first-order chi connectivity index (χ1) is 20.4. The zero-order valence-corrected chi connectivity index (χ0v) is 23.1. The largest absolute Gasteiger partial charge is 0.482 e. The first-order valence-electron chi connectivity index (χ1n) is 13.8. The summed E-state index contributed by atoms with van der Waals surface area (Å²) in [6, 6.07) is 37.2. The van der Waals surface area contributed by atoms with E-state index < -0.39 is 5.60 Å². The Morgan fingerprint density at radius 2 is 1.17 bits per heavy atom. The van der Waals surface area contributed by atoms with Crippen molar-refractivity contribution >= 4 is 0 Å². The first kappa shape index (κ1) is 25.8. The number of nitrogens with zero attached hydrogens (tertiary/aromatic N) is 2. The molecule has 204 valence electrons. The number of hydrogen-bond donors (Lipinski definition) is 0. The van der Waals surface area contributed by atoms with Crippen LogP contribution in [-0.2, 0) is 5.60 Å². The average molecular weight is 553 g/mol. The van der Waals surface area contributed by atoms with E-state index in [1.165, 1.54) is 35.4 Å². The number of halogens is 2. The Hall–Kier alpha value is -5.16. The molecular formula is C37H26F2N2O. The van der Waals surface area contributed by atoms with Crippen LogP contribution in [0.2, 0.25) is 0 Å². The maximum Gasteiger partial charge on any atom is 0.129 e. The van der Waals surface area contributed by atoms with Crippen molar-refractivity contribution in [1.29, 1.82) is 0 Å². The highest BCUT2D eigenvalue weighted by Gasteiger charge is 2.32. The molecule has 5 aromatic carbocycles. The predicted octanol–water partition coefficient (Wildman–Crippen LogP) is 9.72. The van der Waals surface area contributed by atoms with Crippen LogP contribution in [0, 0.1) is 11.6 Å². The number of ether oxygens (including phenoxy) is 1. The molecule has 0 N–H and O–H groups in total. The van der Waals surface area contributed by atoms with Crippen molar-refractivity contribution in [2.45, 2.75) is 19.4 Å². The normalized spacial score (nSPS) is 13.1. The minimum absolute atomic E-state index is 0.321. The molecule has 0 fully saturated rings. The van der Waals surface area contributed by atoms with E-state index in [2.05, 4.69) is 72.6 Å². The number of fused-ring (bicyclic) bond motifs is 3. The fraction of sp³-hybridized carbons (Fsp3) is 0.0811. The fourth-order valence-electron chi connectivity index (χ4n) is 5.64. The van der Waals surface area contributed by atoms with Gasteiger partial charge in [0.05, 0.1) is 5.69 Å². The molecule has 1 aromatic heterocycles. The van der Waals surface area contributed by atoms with E-state index in [1.54, 1.807) is 24.3 Å². The molecule has 1 aliphatic heterocycles. The Bertz CT molecular complexity index is 1950. The van der Waals surface area contributed by atoms with Crippen molar-refractivity contribution < 1.29 is 13.5 Å². The molecule has 0 amide bonds. The van der Waals surface area contributed by atoms with E-state index in [9.17, 15) is 8.78 Å². The second-order valence-electron chi connectivity index (χ2n) is 11.0. The third-order valence-electron chi connectivity index (χ3n) is 7.77. The molecule has 0 bridgehead atoms.